The Hall–Kier alpha value is -1.10. The molecule has 0 aromatic heterocycles. The molecule has 0 radical (unpaired) electrons. The van der Waals surface area contributed by atoms with Crippen LogP contribution in [0.1, 0.15) is 41.0 Å². The molecule has 0 atom stereocenters. The van der Waals surface area contributed by atoms with Gasteiger partial charge in [-0.3, -0.25) is 14.5 Å². The summed E-state index contributed by atoms with van der Waals surface area (Å²) in [6.07, 6.45) is 0.0478. The van der Waals surface area contributed by atoms with Crippen LogP contribution in [0.4, 0.5) is 0 Å². The predicted molar refractivity (Wildman–Crippen MR) is 66.9 cm³/mol. The second kappa shape index (κ2) is 6.59. The monoisotopic (exact) mass is 244 g/mol. The second-order valence-electron chi connectivity index (χ2n) is 5.46. The van der Waals surface area contributed by atoms with E-state index in [1.54, 1.807) is 0 Å². The third kappa shape index (κ3) is 7.74. The van der Waals surface area contributed by atoms with Gasteiger partial charge in [0.15, 0.2) is 0 Å². The molecule has 0 saturated heterocycles. The average molecular weight is 244 g/mol. The molecule has 0 aliphatic rings. The Bertz CT molecular complexity index is 269. The van der Waals surface area contributed by atoms with Gasteiger partial charge in [-0.1, -0.05) is 0 Å². The van der Waals surface area contributed by atoms with Crippen molar-refractivity contribution in [3.05, 3.63) is 0 Å². The van der Waals surface area contributed by atoms with Crippen molar-refractivity contribution in [1.82, 2.24) is 10.2 Å². The van der Waals surface area contributed by atoms with Crippen LogP contribution in [0.5, 0.6) is 0 Å². The zero-order valence-corrected chi connectivity index (χ0v) is 11.4. The third-order valence-corrected chi connectivity index (χ3v) is 2.33. The lowest BCUT2D eigenvalue weighted by atomic mass is 10.1. The summed E-state index contributed by atoms with van der Waals surface area (Å²) in [6, 6.07) is 0.101. The highest BCUT2D eigenvalue weighted by Crippen LogP contribution is 2.13. The fraction of sp³-hybridized carbons (Fsp3) is 0.833. The number of nitrogens with zero attached hydrogens (tertiary/aromatic N) is 1. The normalized spacial score (nSPS) is 11.9. The highest BCUT2D eigenvalue weighted by atomic mass is 16.4. The van der Waals surface area contributed by atoms with Gasteiger partial charge in [0.2, 0.25) is 5.91 Å². The number of carbonyl (C=O) groups excluding carboxylic acids is 1. The van der Waals surface area contributed by atoms with Gasteiger partial charge in [0, 0.05) is 18.1 Å². The standard InChI is InChI=1S/C12H24N2O3/c1-9(2)13-10(15)8-14(12(3,4)5)7-6-11(16)17/h9H,6-8H2,1-5H3,(H,13,15)(H,16,17). The Balaban J connectivity index is 4.39. The van der Waals surface area contributed by atoms with Crippen molar-refractivity contribution in [3.8, 4) is 0 Å². The highest BCUT2D eigenvalue weighted by Gasteiger charge is 2.24. The predicted octanol–water partition coefficient (Wildman–Crippen LogP) is 1.09. The van der Waals surface area contributed by atoms with Gasteiger partial charge in [-0.05, 0) is 34.6 Å². The molecule has 17 heavy (non-hydrogen) atoms. The largest absolute Gasteiger partial charge is 0.481 e. The molecule has 0 aliphatic heterocycles. The van der Waals surface area contributed by atoms with Gasteiger partial charge in [-0.2, -0.15) is 0 Å². The summed E-state index contributed by atoms with van der Waals surface area (Å²) in [4.78, 5) is 24.1. The second-order valence-corrected chi connectivity index (χ2v) is 5.46. The van der Waals surface area contributed by atoms with Crippen molar-refractivity contribution in [2.75, 3.05) is 13.1 Å². The van der Waals surface area contributed by atoms with Gasteiger partial charge in [0.05, 0.1) is 13.0 Å². The summed E-state index contributed by atoms with van der Waals surface area (Å²) in [7, 11) is 0. The lowest BCUT2D eigenvalue weighted by Crippen LogP contribution is -2.48. The van der Waals surface area contributed by atoms with E-state index in [-0.39, 0.29) is 30.5 Å². The number of hydrogen-bond acceptors (Lipinski definition) is 3. The molecule has 0 fully saturated rings. The van der Waals surface area contributed by atoms with E-state index in [4.69, 9.17) is 5.11 Å². The summed E-state index contributed by atoms with van der Waals surface area (Å²) in [5.41, 5.74) is -0.218. The van der Waals surface area contributed by atoms with Crippen LogP contribution in [0, 0.1) is 0 Å². The van der Waals surface area contributed by atoms with Gasteiger partial charge in [-0.25, -0.2) is 0 Å². The van der Waals surface area contributed by atoms with E-state index in [1.807, 2.05) is 39.5 Å². The molecule has 0 aromatic carbocycles. The lowest BCUT2D eigenvalue weighted by Gasteiger charge is -2.34. The summed E-state index contributed by atoms with van der Waals surface area (Å²) >= 11 is 0. The minimum atomic E-state index is -0.844. The maximum atomic E-state index is 11.7. The zero-order valence-electron chi connectivity index (χ0n) is 11.4. The maximum absolute atomic E-state index is 11.7. The van der Waals surface area contributed by atoms with Crippen LogP contribution in [-0.4, -0.2) is 46.6 Å². The molecular weight excluding hydrogens is 220 g/mol. The number of carboxylic acids is 1. The smallest absolute Gasteiger partial charge is 0.304 e. The molecule has 0 aliphatic carbocycles. The molecule has 0 aromatic rings. The number of aliphatic carboxylic acids is 1. The van der Waals surface area contributed by atoms with Crippen molar-refractivity contribution in [2.24, 2.45) is 0 Å². The van der Waals surface area contributed by atoms with Crippen molar-refractivity contribution in [1.29, 1.82) is 0 Å². The van der Waals surface area contributed by atoms with E-state index in [2.05, 4.69) is 5.32 Å². The van der Waals surface area contributed by atoms with Gasteiger partial charge < -0.3 is 10.4 Å². The topological polar surface area (TPSA) is 69.6 Å². The Labute approximate surface area is 103 Å². The summed E-state index contributed by atoms with van der Waals surface area (Å²) in [5.74, 6) is -0.913. The number of hydrogen-bond donors (Lipinski definition) is 2. The fourth-order valence-corrected chi connectivity index (χ4v) is 1.42. The fourth-order valence-electron chi connectivity index (χ4n) is 1.42. The highest BCUT2D eigenvalue weighted by molar-refractivity contribution is 5.78. The molecule has 1 amide bonds. The Morgan fingerprint density at radius 1 is 1.29 bits per heavy atom. The minimum absolute atomic E-state index is 0.0478. The number of carboxylic acid groups (broad SMARTS) is 1. The molecule has 2 N–H and O–H groups in total. The summed E-state index contributed by atoms with van der Waals surface area (Å²) < 4.78 is 0. The van der Waals surface area contributed by atoms with E-state index in [0.717, 1.165) is 0 Å². The Morgan fingerprint density at radius 2 is 1.82 bits per heavy atom. The minimum Gasteiger partial charge on any atom is -0.481 e. The molecule has 5 heteroatoms. The quantitative estimate of drug-likeness (QED) is 0.733. The van der Waals surface area contributed by atoms with Crippen molar-refractivity contribution in [2.45, 2.75) is 52.6 Å². The lowest BCUT2D eigenvalue weighted by molar-refractivity contribution is -0.138. The first-order chi connectivity index (χ1) is 7.62. The first kappa shape index (κ1) is 15.9. The van der Waals surface area contributed by atoms with Gasteiger partial charge in [-0.15, -0.1) is 0 Å². The van der Waals surface area contributed by atoms with Crippen LogP contribution in [0.15, 0.2) is 0 Å². The van der Waals surface area contributed by atoms with E-state index < -0.39 is 5.97 Å². The van der Waals surface area contributed by atoms with E-state index in [0.29, 0.717) is 6.54 Å². The molecule has 0 spiro atoms. The first-order valence-electron chi connectivity index (χ1n) is 5.89. The van der Waals surface area contributed by atoms with Gasteiger partial charge in [0.25, 0.3) is 0 Å². The SMILES string of the molecule is CC(C)NC(=O)CN(CCC(=O)O)C(C)(C)C. The molecule has 0 rings (SSSR count). The van der Waals surface area contributed by atoms with Gasteiger partial charge >= 0.3 is 5.97 Å². The number of rotatable bonds is 6. The van der Waals surface area contributed by atoms with Crippen LogP contribution >= 0.6 is 0 Å². The molecule has 0 unspecified atom stereocenters. The molecule has 0 heterocycles. The van der Waals surface area contributed by atoms with Crippen molar-refractivity contribution < 1.29 is 14.7 Å². The zero-order chi connectivity index (χ0) is 13.6. The molecule has 100 valence electrons. The van der Waals surface area contributed by atoms with E-state index in [1.165, 1.54) is 0 Å². The third-order valence-electron chi connectivity index (χ3n) is 2.33. The van der Waals surface area contributed by atoms with Crippen LogP contribution in [0.3, 0.4) is 0 Å². The van der Waals surface area contributed by atoms with Crippen LogP contribution in [0.25, 0.3) is 0 Å². The van der Waals surface area contributed by atoms with Crippen LogP contribution < -0.4 is 5.32 Å². The van der Waals surface area contributed by atoms with E-state index >= 15 is 0 Å². The van der Waals surface area contributed by atoms with E-state index in [9.17, 15) is 9.59 Å². The number of amides is 1. The molecule has 5 nitrogen and oxygen atoms in total. The Morgan fingerprint density at radius 3 is 2.18 bits per heavy atom. The van der Waals surface area contributed by atoms with Gasteiger partial charge in [0.1, 0.15) is 0 Å². The summed E-state index contributed by atoms with van der Waals surface area (Å²) in [5, 5.41) is 11.5. The average Bonchev–Trinajstić information content (AvgIpc) is 2.08. The van der Waals surface area contributed by atoms with Crippen molar-refractivity contribution >= 4 is 11.9 Å². The maximum Gasteiger partial charge on any atom is 0.304 e. The number of carbonyl (C=O) groups is 2. The van der Waals surface area contributed by atoms with Crippen molar-refractivity contribution in [3.63, 3.8) is 0 Å². The van der Waals surface area contributed by atoms with Crippen LogP contribution in [-0.2, 0) is 9.59 Å². The van der Waals surface area contributed by atoms with Crippen LogP contribution in [0.2, 0.25) is 0 Å². The number of nitrogens with one attached hydrogen (secondary N) is 1. The first-order valence-corrected chi connectivity index (χ1v) is 5.89. The Kier molecular flexibility index (Phi) is 6.16. The molecular formula is C12H24N2O3. The molecule has 0 saturated carbocycles. The molecule has 0 bridgehead atoms. The summed E-state index contributed by atoms with van der Waals surface area (Å²) in [6.45, 7) is 10.3.